The van der Waals surface area contributed by atoms with Crippen molar-refractivity contribution in [2.45, 2.75) is 227 Å². The number of hydrogen-bond donors (Lipinski definition) is 9. The molecule has 0 aliphatic rings. The Morgan fingerprint density at radius 1 is 0.321 bits per heavy atom. The SMILES string of the molecule is CCC(=N)CCCC[C@H](NC(=O)CCC(=O)CCCOCCOCCOCCOCCOC)C(=O)O.CCC(=N)CCCC[C@H](NC(=O)CCC(=O)CCCOCCOCCOCCOCCOC)C(C)=O.CCC(=N)CCCC[C@H](NC(=O)CCC(=O)O)C(C)=O.CCCOCCOCCOCCOCCN.Cl. The molecule has 0 aromatic carbocycles. The fourth-order valence-corrected chi connectivity index (χ4v) is 8.92. The van der Waals surface area contributed by atoms with Crippen molar-refractivity contribution >= 4 is 82.3 Å². The zero-order valence-electron chi connectivity index (χ0n) is 67.5. The van der Waals surface area contributed by atoms with E-state index in [1.165, 1.54) is 13.8 Å². The number of nitrogens with two attached hydrogens (primary N) is 1. The van der Waals surface area contributed by atoms with Crippen LogP contribution in [-0.2, 0) is 109 Å². The number of rotatable bonds is 78. The zero-order valence-corrected chi connectivity index (χ0v) is 68.3. The van der Waals surface area contributed by atoms with Crippen LogP contribution in [0.25, 0.3) is 0 Å². The van der Waals surface area contributed by atoms with Crippen molar-refractivity contribution in [3.63, 3.8) is 0 Å². The van der Waals surface area contributed by atoms with Crippen molar-refractivity contribution < 1.29 is 120 Å². The number of carboxylic acids is 2. The summed E-state index contributed by atoms with van der Waals surface area (Å²) in [6.07, 6.45) is 13.0. The van der Waals surface area contributed by atoms with Crippen molar-refractivity contribution in [2.24, 2.45) is 5.73 Å². The molecule has 33 heteroatoms. The van der Waals surface area contributed by atoms with Gasteiger partial charge in [-0.3, -0.25) is 38.4 Å². The van der Waals surface area contributed by atoms with Gasteiger partial charge in [0.2, 0.25) is 17.7 Å². The summed E-state index contributed by atoms with van der Waals surface area (Å²) in [6.45, 7) is 25.3. The van der Waals surface area contributed by atoms with E-state index in [9.17, 15) is 48.3 Å². The summed E-state index contributed by atoms with van der Waals surface area (Å²) in [7, 11) is 3.25. The third-order valence-electron chi connectivity index (χ3n) is 15.4. The first-order valence-electron chi connectivity index (χ1n) is 38.7. The lowest BCUT2D eigenvalue weighted by molar-refractivity contribution is -0.142. The zero-order chi connectivity index (χ0) is 81.2. The Morgan fingerprint density at radius 2 is 0.578 bits per heavy atom. The van der Waals surface area contributed by atoms with Crippen LogP contribution in [0.3, 0.4) is 0 Å². The molecular weight excluding hydrogens is 1450 g/mol. The standard InChI is InChI=1S/C26H48N2O8.C25H46N2O9.C14H24N2O4.C11H25NO4.ClH/c1-4-23(27)8-5-6-10-25(22(2)29)28-26(31)12-11-24(30)9-7-13-33-16-17-35-20-21-36-19-18-34-15-14-32-3;1-3-21(26)7-4-5-9-23(25(30)31)27-24(29)11-10-22(28)8-6-12-33-15-16-35-19-20-36-18-17-34-14-13-32-2;1-3-11(15)6-4-5-7-12(10(2)17)16-13(18)8-9-14(19)20;1-2-4-13-6-8-15-10-11-16-9-7-14-5-3-12;/h25,27H,4-21H2,1-3H3,(H,28,31);23,26H,3-20H2,1-2H3,(H,27,29)(H,30,31);12,15H,3-9H2,1-2H3,(H,16,18)(H,19,20);2-12H2,1H3;1H/t25-;23-;12-;;/m000../s1. The van der Waals surface area contributed by atoms with Gasteiger partial charge in [0, 0.05) is 103 Å². The summed E-state index contributed by atoms with van der Waals surface area (Å²) in [5, 5.41) is 48.4. The van der Waals surface area contributed by atoms with Crippen molar-refractivity contribution in [3.05, 3.63) is 0 Å². The minimum Gasteiger partial charge on any atom is -0.481 e. The number of amides is 3. The topological polar surface area (TPSA) is 457 Å². The van der Waals surface area contributed by atoms with Crippen LogP contribution >= 0.6 is 12.4 Å². The van der Waals surface area contributed by atoms with Gasteiger partial charge in [-0.1, -0.05) is 47.0 Å². The van der Waals surface area contributed by atoms with Gasteiger partial charge < -0.3 is 114 Å². The van der Waals surface area contributed by atoms with Crippen molar-refractivity contribution in [2.75, 3.05) is 193 Å². The average Bonchev–Trinajstić information content (AvgIpc) is 0.988. The first-order valence-corrected chi connectivity index (χ1v) is 38.7. The number of nitrogens with one attached hydrogen (secondary N) is 6. The normalized spacial score (nSPS) is 11.6. The van der Waals surface area contributed by atoms with Crippen molar-refractivity contribution in [3.8, 4) is 0 Å². The Morgan fingerprint density at radius 3 is 0.835 bits per heavy atom. The number of aliphatic carboxylic acids is 2. The van der Waals surface area contributed by atoms with Crippen LogP contribution < -0.4 is 21.7 Å². The minimum atomic E-state index is -1.09. The highest BCUT2D eigenvalue weighted by Gasteiger charge is 2.22. The van der Waals surface area contributed by atoms with Crippen LogP contribution in [0, 0.1) is 16.2 Å². The largest absolute Gasteiger partial charge is 0.481 e. The van der Waals surface area contributed by atoms with Gasteiger partial charge in [0.05, 0.1) is 170 Å². The molecule has 0 radical (unpaired) electrons. The second-order valence-electron chi connectivity index (χ2n) is 24.8. The molecule has 640 valence electrons. The molecular formula is C76H144ClN7O25. The van der Waals surface area contributed by atoms with Gasteiger partial charge in [-0.25, -0.2) is 4.79 Å². The molecule has 0 heterocycles. The van der Waals surface area contributed by atoms with E-state index in [0.717, 1.165) is 64.4 Å². The highest BCUT2D eigenvalue weighted by molar-refractivity contribution is 5.91. The number of carboxylic acid groups (broad SMARTS) is 2. The lowest BCUT2D eigenvalue weighted by Crippen LogP contribution is -2.40. The summed E-state index contributed by atoms with van der Waals surface area (Å²) >= 11 is 0. The van der Waals surface area contributed by atoms with Gasteiger partial charge in [0.15, 0.2) is 11.6 Å². The van der Waals surface area contributed by atoms with Gasteiger partial charge in [0.25, 0.3) is 0 Å². The summed E-state index contributed by atoms with van der Waals surface area (Å²) in [5.41, 5.74) is 7.29. The number of hydrogen-bond acceptors (Lipinski definition) is 27. The molecule has 0 saturated carbocycles. The third-order valence-corrected chi connectivity index (χ3v) is 15.4. The molecule has 3 atom stereocenters. The first-order chi connectivity index (χ1) is 52.1. The molecule has 0 bridgehead atoms. The van der Waals surface area contributed by atoms with Crippen LogP contribution in [0.15, 0.2) is 0 Å². The first kappa shape index (κ1) is 112. The number of carbonyl (C=O) groups is 9. The molecule has 0 aliphatic carbocycles. The van der Waals surface area contributed by atoms with E-state index >= 15 is 0 Å². The Hall–Kier alpha value is -5.27. The van der Waals surface area contributed by atoms with Crippen LogP contribution in [-0.4, -0.2) is 291 Å². The molecule has 32 nitrogen and oxygen atoms in total. The van der Waals surface area contributed by atoms with Crippen LogP contribution in [0.2, 0.25) is 0 Å². The van der Waals surface area contributed by atoms with Crippen LogP contribution in [0.5, 0.6) is 0 Å². The van der Waals surface area contributed by atoms with Crippen LogP contribution in [0.4, 0.5) is 0 Å². The Kier molecular flexibility index (Phi) is 91.0. The lowest BCUT2D eigenvalue weighted by atomic mass is 10.0. The van der Waals surface area contributed by atoms with Gasteiger partial charge >= 0.3 is 11.9 Å². The number of unbranched alkanes of at least 4 members (excludes halogenated alkanes) is 3. The molecule has 0 unspecified atom stereocenters. The predicted octanol–water partition coefficient (Wildman–Crippen LogP) is 8.04. The van der Waals surface area contributed by atoms with E-state index in [4.69, 9.17) is 93.4 Å². The molecule has 0 aromatic rings. The molecule has 0 fully saturated rings. The van der Waals surface area contributed by atoms with Gasteiger partial charge in [0.1, 0.15) is 17.6 Å². The molecule has 10 N–H and O–H groups in total. The molecule has 109 heavy (non-hydrogen) atoms. The Labute approximate surface area is 656 Å². The maximum atomic E-state index is 12.2. The van der Waals surface area contributed by atoms with E-state index in [0.29, 0.717) is 259 Å². The van der Waals surface area contributed by atoms with E-state index < -0.39 is 41.9 Å². The van der Waals surface area contributed by atoms with E-state index in [-0.39, 0.29) is 80.0 Å². The Bertz CT molecular complexity index is 2150. The minimum absolute atomic E-state index is 0. The van der Waals surface area contributed by atoms with Crippen molar-refractivity contribution in [1.82, 2.24) is 16.0 Å². The second kappa shape index (κ2) is 88.3. The molecule has 0 aromatic heterocycles. The number of carbonyl (C=O) groups excluding carboxylic acids is 7. The maximum absolute atomic E-state index is 12.2. The highest BCUT2D eigenvalue weighted by atomic mass is 35.5. The van der Waals surface area contributed by atoms with E-state index in [1.54, 1.807) is 14.2 Å². The summed E-state index contributed by atoms with van der Waals surface area (Å²) in [5.74, 6) is -3.50. The molecule has 0 saturated heterocycles. The predicted molar refractivity (Wildman–Crippen MR) is 418 cm³/mol. The monoisotopic (exact) mass is 1590 g/mol. The third kappa shape index (κ3) is 89.8. The molecule has 0 aliphatic heterocycles. The number of ketones is 4. The van der Waals surface area contributed by atoms with Gasteiger partial charge in [-0.15, -0.1) is 12.4 Å². The van der Waals surface area contributed by atoms with Gasteiger partial charge in [-0.2, -0.15) is 0 Å². The fourth-order valence-electron chi connectivity index (χ4n) is 8.92. The molecule has 0 rings (SSSR count). The second-order valence-corrected chi connectivity index (χ2v) is 24.8. The maximum Gasteiger partial charge on any atom is 0.326 e. The summed E-state index contributed by atoms with van der Waals surface area (Å²) < 4.78 is 73.7. The Balaban J connectivity index is -0.000000462. The number of ether oxygens (including phenoxy) is 14. The quantitative estimate of drug-likeness (QED) is 0.0205. The number of Topliss-reactive ketones (excluding diaryl/α,β-unsaturated/α-hetero) is 4. The number of methoxy groups -OCH3 is 2. The van der Waals surface area contributed by atoms with Crippen LogP contribution in [0.1, 0.15) is 208 Å². The van der Waals surface area contributed by atoms with E-state index in [1.807, 2.05) is 20.8 Å². The lowest BCUT2D eigenvalue weighted by Gasteiger charge is -2.16. The van der Waals surface area contributed by atoms with Gasteiger partial charge in [-0.05, 0) is 110 Å². The highest BCUT2D eigenvalue weighted by Crippen LogP contribution is 2.11. The smallest absolute Gasteiger partial charge is 0.326 e. The number of halogens is 1. The average molecular weight is 1590 g/mol. The summed E-state index contributed by atoms with van der Waals surface area (Å²) in [6, 6.07) is -2.04. The molecule has 0 spiro atoms. The van der Waals surface area contributed by atoms with Crippen molar-refractivity contribution in [1.29, 1.82) is 16.2 Å². The van der Waals surface area contributed by atoms with E-state index in [2.05, 4.69) is 22.9 Å². The molecule has 3 amide bonds. The fraction of sp³-hybridized carbons (Fsp3) is 0.842. The summed E-state index contributed by atoms with van der Waals surface area (Å²) in [4.78, 5) is 105.